The molecular formula is C18H23FN6O. The van der Waals surface area contributed by atoms with Crippen LogP contribution < -0.4 is 20.3 Å². The van der Waals surface area contributed by atoms with Crippen molar-refractivity contribution in [3.63, 3.8) is 0 Å². The molecule has 3 rings (SSSR count). The third-order valence-electron chi connectivity index (χ3n) is 4.26. The van der Waals surface area contributed by atoms with E-state index in [9.17, 15) is 4.39 Å². The molecule has 3 heterocycles. The van der Waals surface area contributed by atoms with Crippen LogP contribution >= 0.6 is 0 Å². The predicted octanol–water partition coefficient (Wildman–Crippen LogP) is 1.57. The average molecular weight is 358 g/mol. The van der Waals surface area contributed by atoms with Crippen LogP contribution in [0.25, 0.3) is 0 Å². The summed E-state index contributed by atoms with van der Waals surface area (Å²) in [6.45, 7) is 2.03. The first-order valence-corrected chi connectivity index (χ1v) is 8.51. The molecule has 138 valence electrons. The Hall–Kier alpha value is -2.90. The van der Waals surface area contributed by atoms with Gasteiger partial charge in [-0.2, -0.15) is 0 Å². The molecule has 0 radical (unpaired) electrons. The number of hydrogen-bond donors (Lipinski definition) is 2. The molecule has 2 aromatic rings. The fourth-order valence-corrected chi connectivity index (χ4v) is 2.89. The summed E-state index contributed by atoms with van der Waals surface area (Å²) < 4.78 is 18.9. The maximum atomic E-state index is 13.9. The quantitative estimate of drug-likeness (QED) is 0.624. The third kappa shape index (κ3) is 4.38. The molecular weight excluding hydrogens is 335 g/mol. The molecule has 1 unspecified atom stereocenters. The van der Waals surface area contributed by atoms with E-state index in [1.165, 1.54) is 6.07 Å². The SMILES string of the molecule is CN=C(NCc1ccc(OC)nc1)NC1CCN(c2ncccc2F)C1. The van der Waals surface area contributed by atoms with E-state index in [0.717, 1.165) is 18.5 Å². The largest absolute Gasteiger partial charge is 0.481 e. The molecule has 0 spiro atoms. The first-order chi connectivity index (χ1) is 12.7. The standard InChI is InChI=1S/C18H23FN6O/c1-20-18(23-11-13-5-6-16(26-2)22-10-13)24-14-7-9-25(12-14)17-15(19)4-3-8-21-17/h3-6,8,10,14H,7,9,11-12H2,1-2H3,(H2,20,23,24). The Kier molecular flexibility index (Phi) is 5.83. The summed E-state index contributed by atoms with van der Waals surface area (Å²) in [5.74, 6) is 1.41. The van der Waals surface area contributed by atoms with Gasteiger partial charge in [0, 0.05) is 51.2 Å². The Morgan fingerprint density at radius 2 is 2.27 bits per heavy atom. The predicted molar refractivity (Wildman–Crippen MR) is 98.9 cm³/mol. The summed E-state index contributed by atoms with van der Waals surface area (Å²) >= 11 is 0. The number of anilines is 1. The third-order valence-corrected chi connectivity index (χ3v) is 4.26. The van der Waals surface area contributed by atoms with Crippen LogP contribution in [0.5, 0.6) is 5.88 Å². The van der Waals surface area contributed by atoms with Gasteiger partial charge in [-0.15, -0.1) is 0 Å². The van der Waals surface area contributed by atoms with Crippen LogP contribution in [0, 0.1) is 5.82 Å². The highest BCUT2D eigenvalue weighted by Gasteiger charge is 2.25. The number of halogens is 1. The van der Waals surface area contributed by atoms with E-state index in [2.05, 4.69) is 25.6 Å². The van der Waals surface area contributed by atoms with Gasteiger partial charge in [-0.1, -0.05) is 6.07 Å². The number of guanidine groups is 1. The van der Waals surface area contributed by atoms with Crippen molar-refractivity contribution in [2.24, 2.45) is 4.99 Å². The monoisotopic (exact) mass is 358 g/mol. The zero-order valence-corrected chi connectivity index (χ0v) is 14.9. The Morgan fingerprint density at radius 3 is 2.96 bits per heavy atom. The average Bonchev–Trinajstić information content (AvgIpc) is 3.14. The van der Waals surface area contributed by atoms with Gasteiger partial charge in [-0.05, 0) is 24.1 Å². The van der Waals surface area contributed by atoms with Gasteiger partial charge in [0.25, 0.3) is 0 Å². The van der Waals surface area contributed by atoms with Gasteiger partial charge in [0.2, 0.25) is 5.88 Å². The lowest BCUT2D eigenvalue weighted by molar-refractivity contribution is 0.397. The summed E-state index contributed by atoms with van der Waals surface area (Å²) in [7, 11) is 3.32. The van der Waals surface area contributed by atoms with Gasteiger partial charge in [0.05, 0.1) is 7.11 Å². The second-order valence-electron chi connectivity index (χ2n) is 6.02. The van der Waals surface area contributed by atoms with Gasteiger partial charge >= 0.3 is 0 Å². The molecule has 0 saturated carbocycles. The first-order valence-electron chi connectivity index (χ1n) is 8.51. The molecule has 2 N–H and O–H groups in total. The molecule has 0 aromatic carbocycles. The maximum Gasteiger partial charge on any atom is 0.212 e. The minimum atomic E-state index is -0.289. The smallest absolute Gasteiger partial charge is 0.212 e. The highest BCUT2D eigenvalue weighted by atomic mass is 19.1. The zero-order valence-electron chi connectivity index (χ0n) is 14.9. The number of methoxy groups -OCH3 is 1. The Balaban J connectivity index is 1.51. The van der Waals surface area contributed by atoms with Crippen LogP contribution in [0.1, 0.15) is 12.0 Å². The molecule has 1 atom stereocenters. The van der Waals surface area contributed by atoms with Crippen LogP contribution in [0.15, 0.2) is 41.7 Å². The number of aromatic nitrogens is 2. The summed E-state index contributed by atoms with van der Waals surface area (Å²) in [6.07, 6.45) is 4.27. The van der Waals surface area contributed by atoms with Crippen molar-refractivity contribution in [3.05, 3.63) is 48.0 Å². The van der Waals surface area contributed by atoms with Crippen LogP contribution in [-0.2, 0) is 6.54 Å². The second-order valence-corrected chi connectivity index (χ2v) is 6.02. The van der Waals surface area contributed by atoms with Crippen molar-refractivity contribution in [1.82, 2.24) is 20.6 Å². The summed E-state index contributed by atoms with van der Waals surface area (Å²) in [6, 6.07) is 6.99. The van der Waals surface area contributed by atoms with E-state index < -0.39 is 0 Å². The topological polar surface area (TPSA) is 74.7 Å². The fraction of sp³-hybridized carbons (Fsp3) is 0.389. The Bertz CT molecular complexity index is 752. The van der Waals surface area contributed by atoms with E-state index >= 15 is 0 Å². The zero-order chi connectivity index (χ0) is 18.4. The number of ether oxygens (including phenoxy) is 1. The van der Waals surface area contributed by atoms with Crippen molar-refractivity contribution in [2.75, 3.05) is 32.1 Å². The lowest BCUT2D eigenvalue weighted by atomic mass is 10.2. The number of rotatable bonds is 5. The maximum absolute atomic E-state index is 13.9. The highest BCUT2D eigenvalue weighted by molar-refractivity contribution is 5.80. The molecule has 1 fully saturated rings. The number of aliphatic imine (C=N–C) groups is 1. The lowest BCUT2D eigenvalue weighted by Crippen LogP contribution is -2.44. The van der Waals surface area contributed by atoms with Crippen molar-refractivity contribution in [2.45, 2.75) is 19.0 Å². The molecule has 26 heavy (non-hydrogen) atoms. The molecule has 2 aromatic heterocycles. The van der Waals surface area contributed by atoms with Gasteiger partial charge in [0.1, 0.15) is 0 Å². The minimum absolute atomic E-state index is 0.177. The highest BCUT2D eigenvalue weighted by Crippen LogP contribution is 2.20. The van der Waals surface area contributed by atoms with E-state index in [-0.39, 0.29) is 11.9 Å². The number of hydrogen-bond acceptors (Lipinski definition) is 5. The molecule has 1 saturated heterocycles. The van der Waals surface area contributed by atoms with Gasteiger partial charge in [-0.25, -0.2) is 14.4 Å². The molecule has 1 aliphatic rings. The van der Waals surface area contributed by atoms with Crippen molar-refractivity contribution in [1.29, 1.82) is 0 Å². The molecule has 1 aliphatic heterocycles. The van der Waals surface area contributed by atoms with Crippen LogP contribution in [-0.4, -0.2) is 49.2 Å². The fourth-order valence-electron chi connectivity index (χ4n) is 2.89. The normalized spacial score (nSPS) is 17.3. The Morgan fingerprint density at radius 1 is 1.38 bits per heavy atom. The second kappa shape index (κ2) is 8.46. The molecule has 0 bridgehead atoms. The van der Waals surface area contributed by atoms with Crippen LogP contribution in [0.4, 0.5) is 10.2 Å². The van der Waals surface area contributed by atoms with Crippen molar-refractivity contribution >= 4 is 11.8 Å². The molecule has 0 aliphatic carbocycles. The van der Waals surface area contributed by atoms with E-state index in [4.69, 9.17) is 4.74 Å². The van der Waals surface area contributed by atoms with Crippen LogP contribution in [0.2, 0.25) is 0 Å². The van der Waals surface area contributed by atoms with Crippen molar-refractivity contribution < 1.29 is 9.13 Å². The number of nitrogens with one attached hydrogen (secondary N) is 2. The minimum Gasteiger partial charge on any atom is -0.481 e. The lowest BCUT2D eigenvalue weighted by Gasteiger charge is -2.20. The molecule has 7 nitrogen and oxygen atoms in total. The first kappa shape index (κ1) is 17.9. The summed E-state index contributed by atoms with van der Waals surface area (Å²) in [5, 5.41) is 6.65. The van der Waals surface area contributed by atoms with E-state index in [0.29, 0.717) is 30.7 Å². The van der Waals surface area contributed by atoms with Crippen LogP contribution in [0.3, 0.4) is 0 Å². The van der Waals surface area contributed by atoms with Gasteiger partial charge < -0.3 is 20.3 Å². The number of nitrogens with zero attached hydrogens (tertiary/aromatic N) is 4. The van der Waals surface area contributed by atoms with Gasteiger partial charge in [-0.3, -0.25) is 4.99 Å². The summed E-state index contributed by atoms with van der Waals surface area (Å²) in [5.41, 5.74) is 1.03. The summed E-state index contributed by atoms with van der Waals surface area (Å²) in [4.78, 5) is 14.5. The van der Waals surface area contributed by atoms with E-state index in [1.807, 2.05) is 17.0 Å². The number of pyridine rings is 2. The van der Waals surface area contributed by atoms with E-state index in [1.54, 1.807) is 32.6 Å². The molecule has 0 amide bonds. The molecule has 8 heteroatoms. The van der Waals surface area contributed by atoms with Gasteiger partial charge in [0.15, 0.2) is 17.6 Å². The Labute approximate surface area is 152 Å². The van der Waals surface area contributed by atoms with Crippen molar-refractivity contribution in [3.8, 4) is 5.88 Å².